The number of carboxylic acid groups (broad SMARTS) is 1. The van der Waals surface area contributed by atoms with Crippen molar-refractivity contribution in [1.82, 2.24) is 0 Å². The molecule has 4 heteroatoms. The van der Waals surface area contributed by atoms with E-state index in [0.717, 1.165) is 5.56 Å². The van der Waals surface area contributed by atoms with Gasteiger partial charge in [-0.05, 0) is 25.0 Å². The summed E-state index contributed by atoms with van der Waals surface area (Å²) in [6, 6.07) is 17.5. The summed E-state index contributed by atoms with van der Waals surface area (Å²) >= 11 is 0. The number of rotatable bonds is 2. The molecule has 1 aliphatic heterocycles. The van der Waals surface area contributed by atoms with Crippen LogP contribution in [0.15, 0.2) is 54.6 Å². The Balaban J connectivity index is 0.000000172. The molecule has 1 aliphatic rings. The number of hydrogen-bond donors (Lipinski definition) is 2. The molecule has 22 heavy (non-hydrogen) atoms. The second kappa shape index (κ2) is 7.61. The molecule has 2 unspecified atom stereocenters. The topological polar surface area (TPSA) is 72.6 Å². The van der Waals surface area contributed by atoms with Crippen molar-refractivity contribution < 1.29 is 14.6 Å². The zero-order valence-corrected chi connectivity index (χ0v) is 12.6. The van der Waals surface area contributed by atoms with Crippen LogP contribution in [0.4, 0.5) is 0 Å². The maximum absolute atomic E-state index is 10.9. The molecule has 0 aliphatic carbocycles. The summed E-state index contributed by atoms with van der Waals surface area (Å²) < 4.78 is 5.34. The van der Waals surface area contributed by atoms with E-state index in [0.29, 0.717) is 18.8 Å². The van der Waals surface area contributed by atoms with Gasteiger partial charge >= 0.3 is 5.97 Å². The van der Waals surface area contributed by atoms with Crippen LogP contribution in [0.3, 0.4) is 0 Å². The lowest BCUT2D eigenvalue weighted by molar-refractivity contribution is -0.139. The normalized spacial score (nSPS) is 17.3. The van der Waals surface area contributed by atoms with E-state index in [9.17, 15) is 4.79 Å². The smallest absolute Gasteiger partial charge is 0.311 e. The zero-order valence-electron chi connectivity index (χ0n) is 12.6. The van der Waals surface area contributed by atoms with Crippen LogP contribution in [0.5, 0.6) is 5.75 Å². The van der Waals surface area contributed by atoms with E-state index in [4.69, 9.17) is 15.6 Å². The fraction of sp³-hybridized carbons (Fsp3) is 0.278. The van der Waals surface area contributed by atoms with E-state index >= 15 is 0 Å². The van der Waals surface area contributed by atoms with E-state index in [2.05, 4.69) is 0 Å². The third kappa shape index (κ3) is 4.09. The van der Waals surface area contributed by atoms with Crippen LogP contribution < -0.4 is 10.5 Å². The lowest BCUT2D eigenvalue weighted by Crippen LogP contribution is -2.20. The van der Waals surface area contributed by atoms with Gasteiger partial charge in [-0.25, -0.2) is 0 Å². The monoisotopic (exact) mass is 299 g/mol. The molecule has 116 valence electrons. The molecule has 2 aromatic rings. The highest BCUT2D eigenvalue weighted by atomic mass is 16.5. The van der Waals surface area contributed by atoms with Crippen molar-refractivity contribution in [2.75, 3.05) is 6.61 Å². The minimum atomic E-state index is -0.768. The predicted octanol–water partition coefficient (Wildman–Crippen LogP) is 3.34. The molecule has 3 N–H and O–H groups in total. The van der Waals surface area contributed by atoms with Gasteiger partial charge in [0.25, 0.3) is 0 Å². The molecule has 2 atom stereocenters. The minimum absolute atomic E-state index is 0.159. The average Bonchev–Trinajstić information content (AvgIpc) is 2.55. The van der Waals surface area contributed by atoms with Crippen LogP contribution in [0.1, 0.15) is 36.4 Å². The van der Waals surface area contributed by atoms with Gasteiger partial charge in [-0.3, -0.25) is 4.79 Å². The Hall–Kier alpha value is -2.33. The van der Waals surface area contributed by atoms with Crippen LogP contribution in [-0.4, -0.2) is 17.7 Å². The summed E-state index contributed by atoms with van der Waals surface area (Å²) in [5.41, 5.74) is 7.60. The van der Waals surface area contributed by atoms with E-state index < -0.39 is 11.9 Å². The second-order valence-corrected chi connectivity index (χ2v) is 5.27. The number of fused-ring (bicyclic) bond motifs is 1. The number of benzene rings is 2. The van der Waals surface area contributed by atoms with Crippen molar-refractivity contribution in [1.29, 1.82) is 0 Å². The van der Waals surface area contributed by atoms with E-state index in [-0.39, 0.29) is 6.04 Å². The highest BCUT2D eigenvalue weighted by Crippen LogP contribution is 2.33. The van der Waals surface area contributed by atoms with Crippen molar-refractivity contribution in [2.24, 2.45) is 5.73 Å². The van der Waals surface area contributed by atoms with Gasteiger partial charge in [0.05, 0.1) is 12.5 Å². The third-order valence-electron chi connectivity index (χ3n) is 3.58. The maximum Gasteiger partial charge on any atom is 0.311 e. The van der Waals surface area contributed by atoms with Crippen LogP contribution in [0.2, 0.25) is 0 Å². The van der Waals surface area contributed by atoms with Gasteiger partial charge in [0, 0.05) is 11.6 Å². The van der Waals surface area contributed by atoms with Crippen LogP contribution in [-0.2, 0) is 4.79 Å². The van der Waals surface area contributed by atoms with Gasteiger partial charge in [0.15, 0.2) is 0 Å². The van der Waals surface area contributed by atoms with Gasteiger partial charge in [-0.15, -0.1) is 0 Å². The Kier molecular flexibility index (Phi) is 5.55. The van der Waals surface area contributed by atoms with Gasteiger partial charge in [-0.2, -0.15) is 0 Å². The van der Waals surface area contributed by atoms with Crippen LogP contribution in [0, 0.1) is 0 Å². The largest absolute Gasteiger partial charge is 0.493 e. The molecule has 4 nitrogen and oxygen atoms in total. The molecule has 0 saturated heterocycles. The Morgan fingerprint density at radius 1 is 1.18 bits per heavy atom. The Bertz CT molecular complexity index is 611. The van der Waals surface area contributed by atoms with Crippen molar-refractivity contribution in [3.05, 3.63) is 65.7 Å². The van der Waals surface area contributed by atoms with Gasteiger partial charge < -0.3 is 15.6 Å². The Labute approximate surface area is 130 Å². The minimum Gasteiger partial charge on any atom is -0.493 e. The maximum atomic E-state index is 10.9. The van der Waals surface area contributed by atoms with E-state index in [1.54, 1.807) is 0 Å². The fourth-order valence-corrected chi connectivity index (χ4v) is 2.36. The summed E-state index contributed by atoms with van der Waals surface area (Å²) in [4.78, 5) is 10.9. The average molecular weight is 299 g/mol. The summed E-state index contributed by atoms with van der Waals surface area (Å²) in [6.45, 7) is 2.48. The first-order valence-electron chi connectivity index (χ1n) is 7.34. The lowest BCUT2D eigenvalue weighted by Gasteiger charge is -2.22. The molecular weight excluding hydrogens is 278 g/mol. The molecular formula is C18H21NO3. The second-order valence-electron chi connectivity index (χ2n) is 5.27. The first kappa shape index (κ1) is 16.0. The lowest BCUT2D eigenvalue weighted by atomic mass is 9.93. The van der Waals surface area contributed by atoms with Crippen LogP contribution in [0.25, 0.3) is 0 Å². The quantitative estimate of drug-likeness (QED) is 0.892. The first-order valence-corrected chi connectivity index (χ1v) is 7.34. The van der Waals surface area contributed by atoms with Crippen molar-refractivity contribution in [3.63, 3.8) is 0 Å². The van der Waals surface area contributed by atoms with Gasteiger partial charge in [0.2, 0.25) is 0 Å². The Morgan fingerprint density at radius 2 is 1.82 bits per heavy atom. The van der Waals surface area contributed by atoms with Gasteiger partial charge in [0.1, 0.15) is 5.75 Å². The zero-order chi connectivity index (χ0) is 15.9. The molecule has 0 spiro atoms. The molecule has 0 bridgehead atoms. The summed E-state index contributed by atoms with van der Waals surface area (Å²) in [5.74, 6) is -0.457. The Morgan fingerprint density at radius 3 is 2.41 bits per heavy atom. The van der Waals surface area contributed by atoms with Gasteiger partial charge in [-0.1, -0.05) is 48.5 Å². The molecule has 0 amide bonds. The standard InChI is InChI=1S/C10H10O3.C8H11N/c11-10(12)8-5-6-13-9-4-2-1-3-7(8)9;1-7(9)8-5-3-2-4-6-8/h1-4,8H,5-6H2,(H,11,12);2-7H,9H2,1H3. The molecule has 0 aromatic heterocycles. The number of para-hydroxylation sites is 1. The predicted molar refractivity (Wildman–Crippen MR) is 86.0 cm³/mol. The highest BCUT2D eigenvalue weighted by Gasteiger charge is 2.26. The summed E-state index contributed by atoms with van der Waals surface area (Å²) in [5, 5.41) is 8.93. The van der Waals surface area contributed by atoms with Crippen molar-refractivity contribution in [3.8, 4) is 5.75 Å². The number of nitrogens with two attached hydrogens (primary N) is 1. The molecule has 1 heterocycles. The first-order chi connectivity index (χ1) is 10.6. The van der Waals surface area contributed by atoms with E-state index in [1.165, 1.54) is 5.56 Å². The third-order valence-corrected chi connectivity index (χ3v) is 3.58. The number of ether oxygens (including phenoxy) is 1. The fourth-order valence-electron chi connectivity index (χ4n) is 2.36. The molecule has 2 aromatic carbocycles. The SMILES string of the molecule is CC(N)c1ccccc1.O=C(O)C1CCOc2ccccc21. The van der Waals surface area contributed by atoms with Crippen molar-refractivity contribution in [2.45, 2.75) is 25.3 Å². The molecule has 0 fully saturated rings. The van der Waals surface area contributed by atoms with E-state index in [1.807, 2.05) is 61.5 Å². The summed E-state index contributed by atoms with van der Waals surface area (Å²) in [7, 11) is 0. The number of carbonyl (C=O) groups is 1. The molecule has 0 radical (unpaired) electrons. The number of carboxylic acids is 1. The number of aliphatic carboxylic acids is 1. The highest BCUT2D eigenvalue weighted by molar-refractivity contribution is 5.77. The summed E-state index contributed by atoms with van der Waals surface area (Å²) in [6.07, 6.45) is 0.562. The molecule has 3 rings (SSSR count). The number of hydrogen-bond acceptors (Lipinski definition) is 3. The van der Waals surface area contributed by atoms with Crippen LogP contribution >= 0.6 is 0 Å². The van der Waals surface area contributed by atoms with Crippen molar-refractivity contribution >= 4 is 5.97 Å². The molecule has 0 saturated carbocycles.